The Labute approximate surface area is 137 Å². The van der Waals surface area contributed by atoms with Crippen molar-refractivity contribution in [3.63, 3.8) is 0 Å². The molecule has 5 heteroatoms. The molecule has 1 atom stereocenters. The van der Waals surface area contributed by atoms with Gasteiger partial charge < -0.3 is 5.32 Å². The number of hydrogen-bond donors (Lipinski definition) is 1. The Hall–Kier alpha value is -1.01. The molecule has 1 N–H and O–H groups in total. The number of nitrogens with one attached hydrogen (secondary N) is 1. The van der Waals surface area contributed by atoms with E-state index in [1.807, 2.05) is 28.9 Å². The molecule has 3 aromatic heterocycles. The van der Waals surface area contributed by atoms with E-state index in [9.17, 15) is 0 Å². The second kappa shape index (κ2) is 6.83. The van der Waals surface area contributed by atoms with Gasteiger partial charge in [-0.05, 0) is 36.2 Å². The topological polar surface area (TPSA) is 24.9 Å². The number of aromatic nitrogens is 1. The van der Waals surface area contributed by atoms with Crippen LogP contribution in [0.25, 0.3) is 10.4 Å². The van der Waals surface area contributed by atoms with Crippen molar-refractivity contribution in [2.75, 3.05) is 0 Å². The van der Waals surface area contributed by atoms with Crippen LogP contribution in [-0.2, 0) is 13.0 Å². The molecule has 2 nitrogen and oxygen atoms in total. The van der Waals surface area contributed by atoms with Crippen molar-refractivity contribution in [2.45, 2.75) is 32.9 Å². The van der Waals surface area contributed by atoms with Crippen LogP contribution in [0.4, 0.5) is 0 Å². The Morgan fingerprint density at radius 1 is 1.29 bits per heavy atom. The van der Waals surface area contributed by atoms with E-state index in [-0.39, 0.29) is 0 Å². The van der Waals surface area contributed by atoms with Crippen molar-refractivity contribution in [1.29, 1.82) is 0 Å². The minimum Gasteiger partial charge on any atom is -0.303 e. The fourth-order valence-electron chi connectivity index (χ4n) is 2.07. The zero-order valence-electron chi connectivity index (χ0n) is 12.1. The lowest BCUT2D eigenvalue weighted by molar-refractivity contribution is 0.576. The largest absolute Gasteiger partial charge is 0.303 e. The fraction of sp³-hybridized carbons (Fsp3) is 0.312. The number of nitrogens with zero attached hydrogens (tertiary/aromatic N) is 1. The van der Waals surface area contributed by atoms with Crippen molar-refractivity contribution < 1.29 is 0 Å². The Morgan fingerprint density at radius 2 is 2.19 bits per heavy atom. The number of aryl methyl sites for hydroxylation is 1. The van der Waals surface area contributed by atoms with E-state index in [2.05, 4.69) is 53.1 Å². The molecule has 3 rings (SSSR count). The van der Waals surface area contributed by atoms with E-state index < -0.39 is 0 Å². The van der Waals surface area contributed by atoms with Gasteiger partial charge in [-0.2, -0.15) is 0 Å². The van der Waals surface area contributed by atoms with E-state index in [1.54, 1.807) is 11.3 Å². The molecule has 3 aromatic rings. The second-order valence-corrected chi connectivity index (χ2v) is 7.99. The zero-order chi connectivity index (χ0) is 14.7. The van der Waals surface area contributed by atoms with Crippen LogP contribution in [0.1, 0.15) is 34.7 Å². The van der Waals surface area contributed by atoms with Gasteiger partial charge in [0.15, 0.2) is 0 Å². The minimum atomic E-state index is 0.308. The summed E-state index contributed by atoms with van der Waals surface area (Å²) in [6, 6.07) is 6.87. The van der Waals surface area contributed by atoms with Crippen LogP contribution in [0.2, 0.25) is 0 Å². The monoisotopic (exact) mass is 334 g/mol. The second-order valence-electron chi connectivity index (χ2n) is 4.90. The summed E-state index contributed by atoms with van der Waals surface area (Å²) in [6.45, 7) is 5.26. The molecule has 0 bridgehead atoms. The average molecular weight is 335 g/mol. The highest BCUT2D eigenvalue weighted by molar-refractivity contribution is 7.14. The van der Waals surface area contributed by atoms with Crippen molar-refractivity contribution in [3.05, 3.63) is 49.9 Å². The molecule has 0 saturated carbocycles. The van der Waals surface area contributed by atoms with Crippen LogP contribution >= 0.6 is 34.0 Å². The van der Waals surface area contributed by atoms with Crippen LogP contribution in [0.5, 0.6) is 0 Å². The van der Waals surface area contributed by atoms with Gasteiger partial charge in [0.25, 0.3) is 0 Å². The summed E-state index contributed by atoms with van der Waals surface area (Å²) in [5.74, 6) is 0. The van der Waals surface area contributed by atoms with Crippen molar-refractivity contribution in [2.24, 2.45) is 0 Å². The van der Waals surface area contributed by atoms with E-state index in [0.29, 0.717) is 6.04 Å². The molecule has 0 aromatic carbocycles. The Kier molecular flexibility index (Phi) is 4.85. The molecule has 0 radical (unpaired) electrons. The third-order valence-corrected chi connectivity index (χ3v) is 6.51. The minimum absolute atomic E-state index is 0.308. The molecule has 0 saturated heterocycles. The Morgan fingerprint density at radius 3 is 2.90 bits per heavy atom. The maximum atomic E-state index is 4.51. The molecule has 0 aliphatic carbocycles. The highest BCUT2D eigenvalue weighted by Gasteiger charge is 2.10. The van der Waals surface area contributed by atoms with Gasteiger partial charge in [0.2, 0.25) is 0 Å². The third-order valence-electron chi connectivity index (χ3n) is 3.33. The van der Waals surface area contributed by atoms with Gasteiger partial charge in [0.1, 0.15) is 5.01 Å². The normalized spacial score (nSPS) is 12.7. The maximum Gasteiger partial charge on any atom is 0.109 e. The molecule has 0 aliphatic heterocycles. The SMILES string of the molecule is CCc1cnc(C(C)NCc2cc(-c3cccs3)cs2)s1. The van der Waals surface area contributed by atoms with Crippen LogP contribution < -0.4 is 5.32 Å². The first-order valence-corrected chi connectivity index (χ1v) is 9.63. The molecule has 0 amide bonds. The molecule has 3 heterocycles. The highest BCUT2D eigenvalue weighted by atomic mass is 32.1. The van der Waals surface area contributed by atoms with E-state index in [1.165, 1.54) is 25.2 Å². The zero-order valence-corrected chi connectivity index (χ0v) is 14.6. The molecule has 0 fully saturated rings. The van der Waals surface area contributed by atoms with Crippen molar-refractivity contribution in [1.82, 2.24) is 10.3 Å². The number of thiazole rings is 1. The van der Waals surface area contributed by atoms with Gasteiger partial charge in [0, 0.05) is 32.9 Å². The lowest BCUT2D eigenvalue weighted by Gasteiger charge is -2.09. The van der Waals surface area contributed by atoms with Gasteiger partial charge in [-0.25, -0.2) is 4.98 Å². The van der Waals surface area contributed by atoms with Crippen LogP contribution in [0.3, 0.4) is 0 Å². The lowest BCUT2D eigenvalue weighted by Crippen LogP contribution is -2.17. The van der Waals surface area contributed by atoms with Gasteiger partial charge in [-0.15, -0.1) is 34.0 Å². The number of thiophene rings is 2. The first kappa shape index (κ1) is 14.9. The Balaban J connectivity index is 1.60. The predicted octanol–water partition coefficient (Wildman–Crippen LogP) is 5.35. The van der Waals surface area contributed by atoms with E-state index in [4.69, 9.17) is 0 Å². The summed E-state index contributed by atoms with van der Waals surface area (Å²) in [5.41, 5.74) is 1.34. The lowest BCUT2D eigenvalue weighted by atomic mass is 10.2. The quantitative estimate of drug-likeness (QED) is 0.657. The molecule has 0 aliphatic rings. The first-order valence-electron chi connectivity index (χ1n) is 7.05. The summed E-state index contributed by atoms with van der Waals surface area (Å²) in [6.07, 6.45) is 3.07. The summed E-state index contributed by atoms with van der Waals surface area (Å²) < 4.78 is 0. The molecule has 110 valence electrons. The summed E-state index contributed by atoms with van der Waals surface area (Å²) >= 11 is 5.43. The molecular formula is C16H18N2S3. The number of rotatable bonds is 6. The average Bonchev–Trinajstić information content (AvgIpc) is 3.24. The van der Waals surface area contributed by atoms with Crippen LogP contribution in [0, 0.1) is 0 Å². The van der Waals surface area contributed by atoms with Crippen molar-refractivity contribution in [3.8, 4) is 10.4 Å². The Bertz CT molecular complexity index is 682. The van der Waals surface area contributed by atoms with Crippen LogP contribution in [-0.4, -0.2) is 4.98 Å². The van der Waals surface area contributed by atoms with E-state index >= 15 is 0 Å². The standard InChI is InChI=1S/C16H18N2S3/c1-3-13-8-18-16(21-13)11(2)17-9-14-7-12(10-20-14)15-5-4-6-19-15/h4-8,10-11,17H,3,9H2,1-2H3. The number of hydrogen-bond acceptors (Lipinski definition) is 5. The smallest absolute Gasteiger partial charge is 0.109 e. The molecule has 1 unspecified atom stereocenters. The maximum absolute atomic E-state index is 4.51. The summed E-state index contributed by atoms with van der Waals surface area (Å²) in [5, 5.41) is 9.12. The van der Waals surface area contributed by atoms with Crippen LogP contribution in [0.15, 0.2) is 35.2 Å². The predicted molar refractivity (Wildman–Crippen MR) is 94.4 cm³/mol. The summed E-state index contributed by atoms with van der Waals surface area (Å²) in [4.78, 5) is 8.58. The fourth-order valence-corrected chi connectivity index (χ4v) is 4.58. The van der Waals surface area contributed by atoms with E-state index in [0.717, 1.165) is 13.0 Å². The van der Waals surface area contributed by atoms with Gasteiger partial charge in [-0.1, -0.05) is 13.0 Å². The molecular weight excluding hydrogens is 316 g/mol. The third kappa shape index (κ3) is 3.61. The van der Waals surface area contributed by atoms with Crippen molar-refractivity contribution >= 4 is 34.0 Å². The summed E-state index contributed by atoms with van der Waals surface area (Å²) in [7, 11) is 0. The van der Waals surface area contributed by atoms with Gasteiger partial charge in [0.05, 0.1) is 6.04 Å². The molecule has 21 heavy (non-hydrogen) atoms. The highest BCUT2D eigenvalue weighted by Crippen LogP contribution is 2.29. The molecule has 0 spiro atoms. The van der Waals surface area contributed by atoms with Gasteiger partial charge >= 0.3 is 0 Å². The first-order chi connectivity index (χ1) is 10.3. The van der Waals surface area contributed by atoms with Gasteiger partial charge in [-0.3, -0.25) is 0 Å².